The normalized spacial score (nSPS) is 12.4. The number of urea groups is 1. The van der Waals surface area contributed by atoms with Gasteiger partial charge in [-0.25, -0.2) is 9.48 Å². The molecule has 9 heteroatoms. The highest BCUT2D eigenvalue weighted by molar-refractivity contribution is 6.46. The van der Waals surface area contributed by atoms with Crippen molar-refractivity contribution in [2.24, 2.45) is 11.1 Å². The van der Waals surface area contributed by atoms with Crippen LogP contribution in [0.5, 0.6) is 0 Å². The van der Waals surface area contributed by atoms with Crippen LogP contribution in [0.1, 0.15) is 20.1 Å². The molecule has 1 heterocycles. The van der Waals surface area contributed by atoms with Crippen LogP contribution in [-0.2, 0) is 9.63 Å². The van der Waals surface area contributed by atoms with Gasteiger partial charge in [0.2, 0.25) is 11.9 Å². The average molecular weight is 292 g/mol. The molecule has 0 saturated carbocycles. The summed E-state index contributed by atoms with van der Waals surface area (Å²) < 4.78 is 1.51. The third kappa shape index (κ3) is 4.61. The number of hydrogen-bond donors (Lipinski definition) is 2. The lowest BCUT2D eigenvalue weighted by molar-refractivity contribution is -0.114. The lowest BCUT2D eigenvalue weighted by atomic mass is 10.2. The topological polar surface area (TPSA) is 121 Å². The molecule has 0 aliphatic heterocycles. The van der Waals surface area contributed by atoms with E-state index in [9.17, 15) is 9.59 Å². The van der Waals surface area contributed by atoms with Crippen molar-refractivity contribution in [1.82, 2.24) is 20.4 Å². The summed E-state index contributed by atoms with van der Waals surface area (Å²) in [6, 6.07) is 2.55. The van der Waals surface area contributed by atoms with Crippen molar-refractivity contribution in [2.75, 3.05) is 7.05 Å². The Morgan fingerprint density at radius 1 is 1.48 bits per heavy atom. The second-order valence-corrected chi connectivity index (χ2v) is 4.31. The van der Waals surface area contributed by atoms with E-state index in [-0.39, 0.29) is 5.92 Å². The summed E-state index contributed by atoms with van der Waals surface area (Å²) in [5.74, 6) is -0.949. The maximum Gasteiger partial charge on any atom is 0.321 e. The molecule has 0 aliphatic carbocycles. The van der Waals surface area contributed by atoms with Gasteiger partial charge >= 0.3 is 6.03 Å². The van der Waals surface area contributed by atoms with Crippen LogP contribution in [0.3, 0.4) is 0 Å². The fourth-order valence-corrected chi connectivity index (χ4v) is 1.35. The first kappa shape index (κ1) is 16.2. The zero-order valence-electron chi connectivity index (χ0n) is 11.9. The minimum Gasteiger partial charge on any atom is -0.367 e. The first-order chi connectivity index (χ1) is 9.99. The van der Waals surface area contributed by atoms with Gasteiger partial charge in [0.25, 0.3) is 5.91 Å². The van der Waals surface area contributed by atoms with Gasteiger partial charge < -0.3 is 10.2 Å². The molecule has 1 aromatic rings. The van der Waals surface area contributed by atoms with Gasteiger partial charge in [0.1, 0.15) is 6.07 Å². The Balaban J connectivity index is 2.81. The standard InChI is InChI=1S/C12H16N6O3/c1-8(2)11(18-6-4-5-15-18)21-17-9(7-13)10(19)16-12(20)14-3/h4-6,8,11H,1-3H3,(H2,14,16,19,20). The minimum atomic E-state index is -0.945. The monoisotopic (exact) mass is 292 g/mol. The van der Waals surface area contributed by atoms with Crippen molar-refractivity contribution in [3.8, 4) is 6.07 Å². The molecule has 0 bridgehead atoms. The van der Waals surface area contributed by atoms with Crippen molar-refractivity contribution >= 4 is 17.6 Å². The maximum atomic E-state index is 11.6. The average Bonchev–Trinajstić information content (AvgIpc) is 2.96. The van der Waals surface area contributed by atoms with Gasteiger partial charge in [0.05, 0.1) is 0 Å². The van der Waals surface area contributed by atoms with E-state index in [0.29, 0.717) is 0 Å². The molecule has 1 atom stereocenters. The molecule has 3 amide bonds. The molecular weight excluding hydrogens is 276 g/mol. The van der Waals surface area contributed by atoms with E-state index >= 15 is 0 Å². The molecule has 0 aromatic carbocycles. The lowest BCUT2D eigenvalue weighted by Crippen LogP contribution is -2.41. The number of nitrogens with zero attached hydrogens (tertiary/aromatic N) is 4. The third-order valence-corrected chi connectivity index (χ3v) is 2.38. The Kier molecular flexibility index (Phi) is 5.88. The van der Waals surface area contributed by atoms with Crippen LogP contribution in [-0.4, -0.2) is 34.5 Å². The van der Waals surface area contributed by atoms with Crippen LogP contribution in [0.2, 0.25) is 0 Å². The van der Waals surface area contributed by atoms with Gasteiger partial charge in [-0.15, -0.1) is 0 Å². The Labute approximate surface area is 121 Å². The molecule has 2 N–H and O–H groups in total. The van der Waals surface area contributed by atoms with Crippen LogP contribution in [0.15, 0.2) is 23.6 Å². The first-order valence-electron chi connectivity index (χ1n) is 6.15. The van der Waals surface area contributed by atoms with E-state index < -0.39 is 23.9 Å². The molecule has 1 unspecified atom stereocenters. The molecule has 0 fully saturated rings. The summed E-state index contributed by atoms with van der Waals surface area (Å²) in [5, 5.41) is 20.5. The second kappa shape index (κ2) is 7.64. The number of carbonyl (C=O) groups excluding carboxylic acids is 2. The van der Waals surface area contributed by atoms with E-state index in [1.165, 1.54) is 11.7 Å². The SMILES string of the molecule is CNC(=O)NC(=O)C(C#N)=NOC(C(C)C)n1cccn1. The number of amides is 3. The van der Waals surface area contributed by atoms with Gasteiger partial charge in [-0.05, 0) is 6.07 Å². The van der Waals surface area contributed by atoms with E-state index in [2.05, 4.69) is 15.6 Å². The van der Waals surface area contributed by atoms with Crippen molar-refractivity contribution in [2.45, 2.75) is 20.1 Å². The fraction of sp³-hybridized carbons (Fsp3) is 0.417. The Hall–Kier alpha value is -2.89. The Morgan fingerprint density at radius 2 is 2.19 bits per heavy atom. The highest BCUT2D eigenvalue weighted by Crippen LogP contribution is 2.18. The Bertz CT molecular complexity index is 558. The van der Waals surface area contributed by atoms with E-state index in [4.69, 9.17) is 10.1 Å². The summed E-state index contributed by atoms with van der Waals surface area (Å²) in [7, 11) is 1.34. The van der Waals surface area contributed by atoms with Crippen molar-refractivity contribution < 1.29 is 14.4 Å². The number of nitrogens with one attached hydrogen (secondary N) is 2. The van der Waals surface area contributed by atoms with Crippen LogP contribution in [0.25, 0.3) is 0 Å². The van der Waals surface area contributed by atoms with Crippen LogP contribution in [0.4, 0.5) is 4.79 Å². The smallest absolute Gasteiger partial charge is 0.321 e. The van der Waals surface area contributed by atoms with Gasteiger partial charge in [-0.1, -0.05) is 19.0 Å². The van der Waals surface area contributed by atoms with E-state index in [0.717, 1.165) is 0 Å². The number of imide groups is 1. The molecular formula is C12H16N6O3. The molecule has 9 nitrogen and oxygen atoms in total. The van der Waals surface area contributed by atoms with Crippen molar-refractivity contribution in [3.63, 3.8) is 0 Å². The predicted octanol–water partition coefficient (Wildman–Crippen LogP) is 0.389. The van der Waals surface area contributed by atoms with E-state index in [1.54, 1.807) is 24.5 Å². The number of nitriles is 1. The summed E-state index contributed by atoms with van der Waals surface area (Å²) in [6.45, 7) is 3.75. The van der Waals surface area contributed by atoms with Gasteiger partial charge in [-0.3, -0.25) is 10.1 Å². The van der Waals surface area contributed by atoms with Crippen molar-refractivity contribution in [1.29, 1.82) is 5.26 Å². The number of aromatic nitrogens is 2. The highest BCUT2D eigenvalue weighted by Gasteiger charge is 2.20. The number of rotatable bonds is 5. The number of oxime groups is 1. The van der Waals surface area contributed by atoms with Crippen LogP contribution >= 0.6 is 0 Å². The quantitative estimate of drug-likeness (QED) is 0.600. The highest BCUT2D eigenvalue weighted by atomic mass is 16.7. The third-order valence-electron chi connectivity index (χ3n) is 2.38. The largest absolute Gasteiger partial charge is 0.367 e. The molecule has 0 saturated heterocycles. The van der Waals surface area contributed by atoms with Crippen molar-refractivity contribution in [3.05, 3.63) is 18.5 Å². The van der Waals surface area contributed by atoms with Gasteiger partial charge in [-0.2, -0.15) is 10.4 Å². The molecule has 112 valence electrons. The first-order valence-corrected chi connectivity index (χ1v) is 6.15. The van der Waals surface area contributed by atoms with Gasteiger partial charge in [0, 0.05) is 25.4 Å². The minimum absolute atomic E-state index is 0.00408. The second-order valence-electron chi connectivity index (χ2n) is 4.31. The summed E-state index contributed by atoms with van der Waals surface area (Å²) in [4.78, 5) is 27.8. The number of carbonyl (C=O) groups is 2. The molecule has 0 aliphatic rings. The predicted molar refractivity (Wildman–Crippen MR) is 72.8 cm³/mol. The van der Waals surface area contributed by atoms with Gasteiger partial charge in [0.15, 0.2) is 0 Å². The summed E-state index contributed by atoms with van der Waals surface area (Å²) in [5.41, 5.74) is -0.559. The van der Waals surface area contributed by atoms with Crippen LogP contribution < -0.4 is 10.6 Å². The lowest BCUT2D eigenvalue weighted by Gasteiger charge is -2.18. The molecule has 21 heavy (non-hydrogen) atoms. The summed E-state index contributed by atoms with van der Waals surface area (Å²) in [6.07, 6.45) is 2.68. The Morgan fingerprint density at radius 3 is 2.67 bits per heavy atom. The van der Waals surface area contributed by atoms with Crippen LogP contribution in [0, 0.1) is 17.2 Å². The van der Waals surface area contributed by atoms with E-state index in [1.807, 2.05) is 19.2 Å². The molecule has 0 radical (unpaired) electrons. The zero-order chi connectivity index (χ0) is 15.8. The molecule has 1 rings (SSSR count). The molecule has 1 aromatic heterocycles. The summed E-state index contributed by atoms with van der Waals surface area (Å²) >= 11 is 0. The fourth-order valence-electron chi connectivity index (χ4n) is 1.35. The number of hydrogen-bond acceptors (Lipinski definition) is 6. The molecule has 0 spiro atoms. The zero-order valence-corrected chi connectivity index (χ0v) is 11.9. The maximum absolute atomic E-state index is 11.6.